The van der Waals surface area contributed by atoms with Gasteiger partial charge in [-0.15, -0.1) is 11.6 Å². The minimum atomic E-state index is -1.06. The molecule has 4 nitrogen and oxygen atoms in total. The molecule has 0 bridgehead atoms. The Labute approximate surface area is 104 Å². The highest BCUT2D eigenvalue weighted by atomic mass is 35.5. The zero-order valence-corrected chi connectivity index (χ0v) is 10.3. The van der Waals surface area contributed by atoms with Crippen LogP contribution in [0.2, 0.25) is 0 Å². The van der Waals surface area contributed by atoms with Gasteiger partial charge in [0.25, 0.3) is 0 Å². The van der Waals surface area contributed by atoms with Crippen LogP contribution in [0.1, 0.15) is 18.6 Å². The standard InChI is InChI=1S/C12H13ClO4/c1-8(14)17-11(10(13)12(15)16-2)9-6-4-3-5-7-9/h3-7,10-11H,1-2H3/t10-,11-/m1/s1. The molecular formula is C12H13ClO4. The van der Waals surface area contributed by atoms with Gasteiger partial charge in [-0.05, 0) is 5.56 Å². The van der Waals surface area contributed by atoms with E-state index in [2.05, 4.69) is 4.74 Å². The number of benzene rings is 1. The Morgan fingerprint density at radius 3 is 2.29 bits per heavy atom. The molecule has 0 N–H and O–H groups in total. The monoisotopic (exact) mass is 256 g/mol. The summed E-state index contributed by atoms with van der Waals surface area (Å²) in [4.78, 5) is 22.4. The maximum absolute atomic E-state index is 11.4. The molecule has 17 heavy (non-hydrogen) atoms. The highest BCUT2D eigenvalue weighted by molar-refractivity contribution is 6.30. The molecule has 2 atom stereocenters. The lowest BCUT2D eigenvalue weighted by Gasteiger charge is -2.20. The number of esters is 2. The number of alkyl halides is 1. The molecule has 0 aliphatic rings. The minimum Gasteiger partial charge on any atom is -0.468 e. The van der Waals surface area contributed by atoms with E-state index in [1.807, 2.05) is 6.07 Å². The summed E-state index contributed by atoms with van der Waals surface area (Å²) < 4.78 is 9.58. The summed E-state index contributed by atoms with van der Waals surface area (Å²) >= 11 is 5.92. The number of hydrogen-bond acceptors (Lipinski definition) is 4. The van der Waals surface area contributed by atoms with E-state index in [1.165, 1.54) is 14.0 Å². The Morgan fingerprint density at radius 1 is 1.24 bits per heavy atom. The molecule has 0 fully saturated rings. The number of methoxy groups -OCH3 is 1. The zero-order chi connectivity index (χ0) is 12.8. The number of carbonyl (C=O) groups is 2. The summed E-state index contributed by atoms with van der Waals surface area (Å²) in [5.41, 5.74) is 0.646. The number of carbonyl (C=O) groups excluding carboxylic acids is 2. The van der Waals surface area contributed by atoms with Crippen molar-refractivity contribution in [2.24, 2.45) is 0 Å². The SMILES string of the molecule is COC(=O)[C@H](Cl)[C@H](OC(C)=O)c1ccccc1. The number of halogens is 1. The van der Waals surface area contributed by atoms with Gasteiger partial charge >= 0.3 is 11.9 Å². The fraction of sp³-hybridized carbons (Fsp3) is 0.333. The highest BCUT2D eigenvalue weighted by Gasteiger charge is 2.31. The van der Waals surface area contributed by atoms with Gasteiger partial charge in [0.15, 0.2) is 11.5 Å². The third-order valence-electron chi connectivity index (χ3n) is 2.11. The molecule has 1 aromatic carbocycles. The van der Waals surface area contributed by atoms with Crippen LogP contribution in [-0.2, 0) is 19.1 Å². The van der Waals surface area contributed by atoms with Crippen molar-refractivity contribution in [1.29, 1.82) is 0 Å². The van der Waals surface area contributed by atoms with Crippen LogP contribution in [0.4, 0.5) is 0 Å². The third kappa shape index (κ3) is 3.75. The Kier molecular flexibility index (Phi) is 4.97. The fourth-order valence-electron chi connectivity index (χ4n) is 1.35. The van der Waals surface area contributed by atoms with Gasteiger partial charge in [0.2, 0.25) is 0 Å². The van der Waals surface area contributed by atoms with E-state index in [0.29, 0.717) is 5.56 Å². The van der Waals surface area contributed by atoms with Crippen molar-refractivity contribution < 1.29 is 19.1 Å². The van der Waals surface area contributed by atoms with Crippen LogP contribution in [0, 0.1) is 0 Å². The molecule has 1 rings (SSSR count). The first-order valence-electron chi connectivity index (χ1n) is 5.00. The van der Waals surface area contributed by atoms with Crippen molar-refractivity contribution in [1.82, 2.24) is 0 Å². The average Bonchev–Trinajstić information content (AvgIpc) is 2.35. The molecule has 92 valence electrons. The van der Waals surface area contributed by atoms with Crippen LogP contribution >= 0.6 is 11.6 Å². The molecule has 0 heterocycles. The summed E-state index contributed by atoms with van der Waals surface area (Å²) in [5.74, 6) is -1.14. The van der Waals surface area contributed by atoms with E-state index in [1.54, 1.807) is 24.3 Å². The first-order valence-corrected chi connectivity index (χ1v) is 5.44. The second-order valence-corrected chi connectivity index (χ2v) is 3.84. The molecule has 0 radical (unpaired) electrons. The molecule has 0 aliphatic carbocycles. The van der Waals surface area contributed by atoms with Gasteiger partial charge in [-0.25, -0.2) is 0 Å². The van der Waals surface area contributed by atoms with E-state index < -0.39 is 23.4 Å². The van der Waals surface area contributed by atoms with E-state index >= 15 is 0 Å². The topological polar surface area (TPSA) is 52.6 Å². The maximum atomic E-state index is 11.4. The van der Waals surface area contributed by atoms with Crippen LogP contribution in [0.25, 0.3) is 0 Å². The molecule has 1 aromatic rings. The second-order valence-electron chi connectivity index (χ2n) is 3.37. The predicted octanol–water partition coefficient (Wildman–Crippen LogP) is 2.07. The summed E-state index contributed by atoms with van der Waals surface area (Å²) in [5, 5.41) is -1.06. The highest BCUT2D eigenvalue weighted by Crippen LogP contribution is 2.26. The Balaban J connectivity index is 2.95. The van der Waals surface area contributed by atoms with E-state index in [0.717, 1.165) is 0 Å². The van der Waals surface area contributed by atoms with Gasteiger partial charge in [0.1, 0.15) is 0 Å². The average molecular weight is 257 g/mol. The maximum Gasteiger partial charge on any atom is 0.328 e. The van der Waals surface area contributed by atoms with Crippen LogP contribution in [0.15, 0.2) is 30.3 Å². The Bertz CT molecular complexity index is 391. The van der Waals surface area contributed by atoms with Crippen LogP contribution in [-0.4, -0.2) is 24.4 Å². The summed E-state index contributed by atoms with van der Waals surface area (Å²) in [6, 6.07) is 8.81. The first kappa shape index (κ1) is 13.5. The minimum absolute atomic E-state index is 0.506. The molecule has 0 spiro atoms. The smallest absolute Gasteiger partial charge is 0.328 e. The lowest BCUT2D eigenvalue weighted by Crippen LogP contribution is -2.27. The van der Waals surface area contributed by atoms with Gasteiger partial charge in [0.05, 0.1) is 7.11 Å². The number of rotatable bonds is 4. The molecule has 0 saturated carbocycles. The molecule has 0 aliphatic heterocycles. The van der Waals surface area contributed by atoms with Crippen LogP contribution < -0.4 is 0 Å². The summed E-state index contributed by atoms with van der Waals surface area (Å²) in [7, 11) is 1.23. The first-order chi connectivity index (χ1) is 8.06. The van der Waals surface area contributed by atoms with E-state index in [9.17, 15) is 9.59 Å². The van der Waals surface area contributed by atoms with Crippen molar-refractivity contribution in [2.75, 3.05) is 7.11 Å². The molecule has 0 aromatic heterocycles. The molecule has 0 saturated heterocycles. The molecule has 0 amide bonds. The largest absolute Gasteiger partial charge is 0.468 e. The quantitative estimate of drug-likeness (QED) is 0.611. The molecular weight excluding hydrogens is 244 g/mol. The van der Waals surface area contributed by atoms with Gasteiger partial charge < -0.3 is 9.47 Å². The fourth-order valence-corrected chi connectivity index (χ4v) is 1.64. The lowest BCUT2D eigenvalue weighted by atomic mass is 10.1. The third-order valence-corrected chi connectivity index (χ3v) is 2.52. The summed E-state index contributed by atoms with van der Waals surface area (Å²) in [6.45, 7) is 1.26. The van der Waals surface area contributed by atoms with Gasteiger partial charge in [-0.1, -0.05) is 30.3 Å². The molecule has 5 heteroatoms. The van der Waals surface area contributed by atoms with Gasteiger partial charge in [-0.3, -0.25) is 9.59 Å². The Hall–Kier alpha value is -1.55. The number of ether oxygens (including phenoxy) is 2. The second kappa shape index (κ2) is 6.25. The van der Waals surface area contributed by atoms with Gasteiger partial charge in [0, 0.05) is 6.92 Å². The number of hydrogen-bond donors (Lipinski definition) is 0. The lowest BCUT2D eigenvalue weighted by molar-refractivity contribution is -0.152. The van der Waals surface area contributed by atoms with E-state index in [4.69, 9.17) is 16.3 Å². The zero-order valence-electron chi connectivity index (χ0n) is 9.55. The predicted molar refractivity (Wildman–Crippen MR) is 62.6 cm³/mol. The van der Waals surface area contributed by atoms with Crippen molar-refractivity contribution in [2.45, 2.75) is 18.4 Å². The van der Waals surface area contributed by atoms with Crippen molar-refractivity contribution in [3.63, 3.8) is 0 Å². The molecule has 0 unspecified atom stereocenters. The van der Waals surface area contributed by atoms with Crippen LogP contribution in [0.3, 0.4) is 0 Å². The Morgan fingerprint density at radius 2 is 1.82 bits per heavy atom. The van der Waals surface area contributed by atoms with Crippen molar-refractivity contribution >= 4 is 23.5 Å². The summed E-state index contributed by atoms with van der Waals surface area (Å²) in [6.07, 6.45) is -0.845. The van der Waals surface area contributed by atoms with Crippen molar-refractivity contribution in [3.05, 3.63) is 35.9 Å². The van der Waals surface area contributed by atoms with Crippen molar-refractivity contribution in [3.8, 4) is 0 Å². The van der Waals surface area contributed by atoms with Crippen LogP contribution in [0.5, 0.6) is 0 Å². The van der Waals surface area contributed by atoms with Gasteiger partial charge in [-0.2, -0.15) is 0 Å². The normalized spacial score (nSPS) is 13.6. The van der Waals surface area contributed by atoms with E-state index in [-0.39, 0.29) is 0 Å².